The third-order valence-electron chi connectivity index (χ3n) is 2.68. The van der Waals surface area contributed by atoms with Crippen molar-refractivity contribution in [2.24, 2.45) is 4.99 Å². The minimum absolute atomic E-state index is 0.187. The van der Waals surface area contributed by atoms with Crippen molar-refractivity contribution >= 4 is 22.0 Å². The molecule has 1 aromatic heterocycles. The summed E-state index contributed by atoms with van der Waals surface area (Å²) in [6.07, 6.45) is 1.55. The Balaban J connectivity index is 0.000000245. The molecule has 2 nitrogen and oxygen atoms in total. The van der Waals surface area contributed by atoms with Crippen molar-refractivity contribution < 1.29 is 26.7 Å². The predicted molar refractivity (Wildman–Crippen MR) is 88.9 cm³/mol. The third-order valence-corrected chi connectivity index (χ3v) is 2.68. The fourth-order valence-electron chi connectivity index (χ4n) is 1.67. The van der Waals surface area contributed by atoms with Crippen LogP contribution in [0.15, 0.2) is 71.9 Å². The number of benzene rings is 2. The molecule has 0 aliphatic carbocycles. The molecule has 1 heterocycles. The molecule has 124 valence electrons. The summed E-state index contributed by atoms with van der Waals surface area (Å²) in [4.78, 5) is 7.42. The van der Waals surface area contributed by atoms with Gasteiger partial charge in [-0.25, -0.2) is 0 Å². The van der Waals surface area contributed by atoms with Gasteiger partial charge in [0.1, 0.15) is 0 Å². The van der Waals surface area contributed by atoms with E-state index in [0.29, 0.717) is 5.69 Å². The van der Waals surface area contributed by atoms with Gasteiger partial charge in [-0.15, -0.1) is 24.3 Å². The molecule has 0 aliphatic rings. The molecule has 6 heteroatoms. The predicted octanol–water partition coefficient (Wildman–Crippen LogP) is 5.41. The summed E-state index contributed by atoms with van der Waals surface area (Å²) in [7, 11) is 4.64. The Hall–Kier alpha value is -1.94. The van der Waals surface area contributed by atoms with Crippen LogP contribution >= 0.6 is 9.58 Å². The molecule has 0 aliphatic heterocycles. The molecular formula is C18H12ClF2IrN2. The second-order valence-corrected chi connectivity index (χ2v) is 4.22. The molecule has 0 amide bonds. The van der Waals surface area contributed by atoms with Gasteiger partial charge in [0.25, 0.3) is 0 Å². The van der Waals surface area contributed by atoms with E-state index >= 15 is 0 Å². The standard InChI is InChI=1S/C11H6F2N.C7H6N.ClH.Ir/c12-8-4-5-9(10(13)7-8)11-3-1-2-6-14-11;1-8-7-5-3-2-4-6-7;;/h1-4,6-7H;1-6H;1H;/q2*-1;;+3/p-1. The Morgan fingerprint density at radius 1 is 1.04 bits per heavy atom. The zero-order chi connectivity index (χ0) is 17.8. The summed E-state index contributed by atoms with van der Waals surface area (Å²) in [5.41, 5.74) is 1.45. The monoisotopic (exact) mass is 522 g/mol. The fourth-order valence-corrected chi connectivity index (χ4v) is 1.67. The van der Waals surface area contributed by atoms with E-state index in [9.17, 15) is 8.78 Å². The second kappa shape index (κ2) is 11.6. The first-order valence-corrected chi connectivity index (χ1v) is 9.54. The van der Waals surface area contributed by atoms with Crippen LogP contribution in [0.2, 0.25) is 0 Å². The van der Waals surface area contributed by atoms with Crippen molar-refractivity contribution in [1.82, 2.24) is 4.98 Å². The SMILES string of the molecule is Fc1c[c-]c(-c2ccccn2)c(F)c1.[CH-]=Nc1ccccc1.[Cl][Ir+2]. The maximum absolute atomic E-state index is 13.2. The summed E-state index contributed by atoms with van der Waals surface area (Å²) in [5, 5.41) is 0. The van der Waals surface area contributed by atoms with Gasteiger partial charge in [0.05, 0.1) is 0 Å². The quantitative estimate of drug-likeness (QED) is 0.327. The summed E-state index contributed by atoms with van der Waals surface area (Å²) in [6.45, 7) is 4.97. The van der Waals surface area contributed by atoms with Crippen molar-refractivity contribution in [3.8, 4) is 11.3 Å². The minimum atomic E-state index is -0.649. The molecule has 0 radical (unpaired) electrons. The van der Waals surface area contributed by atoms with Gasteiger partial charge < -0.3 is 9.98 Å². The number of pyridine rings is 1. The molecule has 24 heavy (non-hydrogen) atoms. The number of para-hydroxylation sites is 1. The van der Waals surface area contributed by atoms with Gasteiger partial charge in [0.2, 0.25) is 0 Å². The van der Waals surface area contributed by atoms with E-state index in [2.05, 4.69) is 25.6 Å². The van der Waals surface area contributed by atoms with Gasteiger partial charge in [-0.05, 0) is 11.8 Å². The van der Waals surface area contributed by atoms with Crippen LogP contribution in [0.5, 0.6) is 0 Å². The zero-order valence-corrected chi connectivity index (χ0v) is 15.4. The third kappa shape index (κ3) is 6.67. The maximum atomic E-state index is 13.2. The normalized spacial score (nSPS) is 9.00. The summed E-state index contributed by atoms with van der Waals surface area (Å²) >= 11 is 1.47. The molecule has 3 rings (SSSR count). The second-order valence-electron chi connectivity index (χ2n) is 4.22. The molecule has 0 bridgehead atoms. The Morgan fingerprint density at radius 3 is 2.21 bits per heavy atom. The van der Waals surface area contributed by atoms with Gasteiger partial charge in [-0.1, -0.05) is 47.6 Å². The van der Waals surface area contributed by atoms with E-state index in [-0.39, 0.29) is 5.56 Å². The topological polar surface area (TPSA) is 25.2 Å². The van der Waals surface area contributed by atoms with Crippen LogP contribution in [-0.2, 0) is 17.9 Å². The average molecular weight is 522 g/mol. The molecule has 0 fully saturated rings. The van der Waals surface area contributed by atoms with E-state index in [4.69, 9.17) is 6.72 Å². The van der Waals surface area contributed by atoms with Crippen LogP contribution in [0, 0.1) is 17.7 Å². The van der Waals surface area contributed by atoms with E-state index < -0.39 is 11.6 Å². The number of hydrogen-bond acceptors (Lipinski definition) is 2. The van der Waals surface area contributed by atoms with Crippen LogP contribution < -0.4 is 0 Å². The molecule has 0 N–H and O–H groups in total. The number of aliphatic imine (C=N–C) groups is 1. The van der Waals surface area contributed by atoms with Crippen LogP contribution in [0.3, 0.4) is 0 Å². The molecule has 0 unspecified atom stereocenters. The molecule has 0 saturated carbocycles. The molecule has 0 atom stereocenters. The number of rotatable bonds is 2. The van der Waals surface area contributed by atoms with Gasteiger partial charge in [0, 0.05) is 17.8 Å². The Bertz CT molecular complexity index is 741. The number of nitrogens with zero attached hydrogens (tertiary/aromatic N) is 2. The molecule has 3 aromatic rings. The van der Waals surface area contributed by atoms with Crippen LogP contribution in [0.4, 0.5) is 14.5 Å². The Morgan fingerprint density at radius 2 is 1.71 bits per heavy atom. The van der Waals surface area contributed by atoms with Crippen molar-refractivity contribution in [3.63, 3.8) is 0 Å². The van der Waals surface area contributed by atoms with Crippen LogP contribution in [-0.4, -0.2) is 11.7 Å². The van der Waals surface area contributed by atoms with Crippen molar-refractivity contribution in [2.75, 3.05) is 0 Å². The Labute approximate surface area is 154 Å². The molecule has 0 spiro atoms. The number of aromatic nitrogens is 1. The van der Waals surface area contributed by atoms with Gasteiger partial charge in [-0.2, -0.15) is 6.72 Å². The first-order chi connectivity index (χ1) is 11.7. The zero-order valence-electron chi connectivity index (χ0n) is 12.3. The van der Waals surface area contributed by atoms with E-state index in [1.165, 1.54) is 17.9 Å². The summed E-state index contributed by atoms with van der Waals surface area (Å²) < 4.78 is 25.8. The van der Waals surface area contributed by atoms with Crippen molar-refractivity contribution in [1.29, 1.82) is 0 Å². The van der Waals surface area contributed by atoms with Crippen LogP contribution in [0.25, 0.3) is 11.3 Å². The molecule has 0 saturated heterocycles. The van der Waals surface area contributed by atoms with Gasteiger partial charge in [0.15, 0.2) is 0 Å². The summed E-state index contributed by atoms with van der Waals surface area (Å²) in [6, 6.07) is 18.9. The summed E-state index contributed by atoms with van der Waals surface area (Å²) in [5.74, 6) is -1.29. The first-order valence-electron chi connectivity index (χ1n) is 6.57. The van der Waals surface area contributed by atoms with Gasteiger partial charge in [-0.3, -0.25) is 8.78 Å². The molecular weight excluding hydrogens is 510 g/mol. The van der Waals surface area contributed by atoms with Crippen molar-refractivity contribution in [3.05, 3.63) is 84.6 Å². The Kier molecular flexibility index (Phi) is 9.69. The fraction of sp³-hybridized carbons (Fsp3) is 0. The van der Waals surface area contributed by atoms with Crippen molar-refractivity contribution in [2.45, 2.75) is 0 Å². The number of hydrogen-bond donors (Lipinski definition) is 0. The first kappa shape index (κ1) is 20.1. The van der Waals surface area contributed by atoms with E-state index in [1.54, 1.807) is 24.4 Å². The van der Waals surface area contributed by atoms with Gasteiger partial charge >= 0.3 is 27.5 Å². The average Bonchev–Trinajstić information content (AvgIpc) is 2.65. The molecule has 2 aromatic carbocycles. The number of halogens is 3. The van der Waals surface area contributed by atoms with E-state index in [0.717, 1.165) is 17.8 Å². The van der Waals surface area contributed by atoms with Crippen LogP contribution in [0.1, 0.15) is 0 Å². The van der Waals surface area contributed by atoms with E-state index in [1.807, 2.05) is 30.3 Å².